The van der Waals surface area contributed by atoms with Crippen LogP contribution in [0.25, 0.3) is 0 Å². The van der Waals surface area contributed by atoms with E-state index in [0.29, 0.717) is 11.5 Å². The Bertz CT molecular complexity index is 1100. The molecule has 1 amide bonds. The van der Waals surface area contributed by atoms with Crippen LogP contribution in [0.5, 0.6) is 11.5 Å². The van der Waals surface area contributed by atoms with Gasteiger partial charge in [0.15, 0.2) is 27.9 Å². The first kappa shape index (κ1) is 19.9. The largest absolute Gasteiger partial charge is 0.509 e. The summed E-state index contributed by atoms with van der Waals surface area (Å²) >= 11 is 0. The Labute approximate surface area is 171 Å². The fourth-order valence-electron chi connectivity index (χ4n) is 3.06. The number of pyridine rings is 1. The van der Waals surface area contributed by atoms with Crippen LogP contribution in [0.3, 0.4) is 0 Å². The third-order valence-electron chi connectivity index (χ3n) is 4.49. The van der Waals surface area contributed by atoms with E-state index < -0.39 is 40.0 Å². The molecule has 1 saturated heterocycles. The predicted octanol–water partition coefficient (Wildman–Crippen LogP) is 2.06. The first-order valence-corrected chi connectivity index (χ1v) is 10.5. The van der Waals surface area contributed by atoms with Crippen molar-refractivity contribution in [3.05, 3.63) is 60.4 Å². The number of hydrogen-bond acceptors (Lipinski definition) is 9. The maximum Gasteiger partial charge on any atom is 0.509 e. The number of carbonyl (C=O) groups is 2. The van der Waals surface area contributed by atoms with Crippen molar-refractivity contribution < 1.29 is 37.4 Å². The third kappa shape index (κ3) is 4.11. The molecule has 30 heavy (non-hydrogen) atoms. The Balaban J connectivity index is 1.40. The average Bonchev–Trinajstić information content (AvgIpc) is 3.25. The Morgan fingerprint density at radius 1 is 1.20 bits per heavy atom. The molecule has 10 nitrogen and oxygen atoms in total. The molecule has 1 fully saturated rings. The van der Waals surface area contributed by atoms with Gasteiger partial charge >= 0.3 is 6.16 Å². The van der Waals surface area contributed by atoms with E-state index in [1.54, 1.807) is 18.3 Å². The van der Waals surface area contributed by atoms with Gasteiger partial charge in [0.05, 0.1) is 11.1 Å². The normalized spacial score (nSPS) is 20.0. The van der Waals surface area contributed by atoms with E-state index in [9.17, 15) is 23.2 Å². The first-order chi connectivity index (χ1) is 14.3. The molecule has 11 heteroatoms. The van der Waals surface area contributed by atoms with Crippen LogP contribution in [-0.4, -0.2) is 53.8 Å². The molecule has 4 rings (SSSR count). The molecule has 1 aromatic heterocycles. The molecule has 0 bridgehead atoms. The molecule has 2 aromatic rings. The molecular formula is C19H16N2O8S. The van der Waals surface area contributed by atoms with Gasteiger partial charge in [0.2, 0.25) is 0 Å². The lowest BCUT2D eigenvalue weighted by Crippen LogP contribution is -2.33. The van der Waals surface area contributed by atoms with Crippen LogP contribution in [-0.2, 0) is 24.1 Å². The highest BCUT2D eigenvalue weighted by Crippen LogP contribution is 2.31. The summed E-state index contributed by atoms with van der Waals surface area (Å²) in [4.78, 5) is 27.2. The Morgan fingerprint density at radius 3 is 2.63 bits per heavy atom. The number of hydrogen-bond donors (Lipinski definition) is 1. The minimum atomic E-state index is -4.01. The highest BCUT2D eigenvalue weighted by atomic mass is 32.2. The zero-order valence-corrected chi connectivity index (χ0v) is 16.2. The van der Waals surface area contributed by atoms with E-state index >= 15 is 0 Å². The Kier molecular flexibility index (Phi) is 5.14. The second-order valence-corrected chi connectivity index (χ2v) is 8.55. The lowest BCUT2D eigenvalue weighted by molar-refractivity contribution is -0.156. The maximum atomic E-state index is 12.6. The molecule has 1 aliphatic carbocycles. The number of rotatable bonds is 6. The number of hydroxylamine groups is 2. The van der Waals surface area contributed by atoms with Crippen molar-refractivity contribution in [2.24, 2.45) is 0 Å². The van der Waals surface area contributed by atoms with Gasteiger partial charge in [-0.05, 0) is 42.5 Å². The summed E-state index contributed by atoms with van der Waals surface area (Å²) in [7, 11) is -4.01. The summed E-state index contributed by atoms with van der Waals surface area (Å²) in [5.74, 6) is -0.952. The highest BCUT2D eigenvalue weighted by molar-refractivity contribution is 7.91. The van der Waals surface area contributed by atoms with Crippen molar-refractivity contribution >= 4 is 21.9 Å². The molecule has 2 atom stereocenters. The van der Waals surface area contributed by atoms with Crippen molar-refractivity contribution in [3.63, 3.8) is 0 Å². The number of benzene rings is 1. The minimum absolute atomic E-state index is 0.0345. The van der Waals surface area contributed by atoms with Crippen LogP contribution >= 0.6 is 0 Å². The molecular weight excluding hydrogens is 416 g/mol. The van der Waals surface area contributed by atoms with Crippen LogP contribution in [0.2, 0.25) is 0 Å². The van der Waals surface area contributed by atoms with Crippen molar-refractivity contribution in [2.75, 3.05) is 5.88 Å². The lowest BCUT2D eigenvalue weighted by atomic mass is 10.2. The SMILES string of the molecule is O=C1OC2C=C(C(=O)N(O)CS(=O)(=O)c3ccc(Oc4cccnc4)cc3)CC2O1. The van der Waals surface area contributed by atoms with E-state index in [4.69, 9.17) is 14.2 Å². The zero-order valence-electron chi connectivity index (χ0n) is 15.4. The lowest BCUT2D eigenvalue weighted by Gasteiger charge is -2.16. The number of fused-ring (bicyclic) bond motifs is 1. The molecule has 0 spiro atoms. The minimum Gasteiger partial charge on any atom is -0.456 e. The summed E-state index contributed by atoms with van der Waals surface area (Å²) in [5.41, 5.74) is 0.107. The summed E-state index contributed by atoms with van der Waals surface area (Å²) in [6.45, 7) is 0. The van der Waals surface area contributed by atoms with Crippen LogP contribution in [0, 0.1) is 0 Å². The summed E-state index contributed by atoms with van der Waals surface area (Å²) in [6, 6.07) is 8.93. The van der Waals surface area contributed by atoms with Crippen molar-refractivity contribution in [2.45, 2.75) is 23.5 Å². The van der Waals surface area contributed by atoms with E-state index in [1.807, 2.05) is 0 Å². The van der Waals surface area contributed by atoms with E-state index in [-0.39, 0.29) is 22.0 Å². The van der Waals surface area contributed by atoms with Gasteiger partial charge in [0.25, 0.3) is 5.91 Å². The molecule has 156 valence electrons. The zero-order chi connectivity index (χ0) is 21.3. The van der Waals surface area contributed by atoms with Gasteiger partial charge in [0, 0.05) is 18.2 Å². The molecule has 0 saturated carbocycles. The number of carbonyl (C=O) groups excluding carboxylic acids is 2. The van der Waals surface area contributed by atoms with Crippen molar-refractivity contribution in [3.8, 4) is 11.5 Å². The molecule has 2 aliphatic rings. The fourth-order valence-corrected chi connectivity index (χ4v) is 4.20. The van der Waals surface area contributed by atoms with E-state index in [2.05, 4.69) is 4.98 Å². The second kappa shape index (κ2) is 7.76. The second-order valence-electron chi connectivity index (χ2n) is 6.60. The number of nitrogens with zero attached hydrogens (tertiary/aromatic N) is 2. The van der Waals surface area contributed by atoms with Gasteiger partial charge < -0.3 is 14.2 Å². The number of ether oxygens (including phenoxy) is 3. The molecule has 2 unspecified atom stereocenters. The van der Waals surface area contributed by atoms with Crippen LogP contribution in [0.1, 0.15) is 6.42 Å². The first-order valence-electron chi connectivity index (χ1n) is 8.81. The maximum absolute atomic E-state index is 12.6. The van der Waals surface area contributed by atoms with Crippen molar-refractivity contribution in [1.29, 1.82) is 0 Å². The van der Waals surface area contributed by atoms with E-state index in [0.717, 1.165) is 0 Å². The Morgan fingerprint density at radius 2 is 1.97 bits per heavy atom. The van der Waals surface area contributed by atoms with Gasteiger partial charge in [-0.15, -0.1) is 0 Å². The average molecular weight is 432 g/mol. The van der Waals surface area contributed by atoms with Gasteiger partial charge in [-0.25, -0.2) is 18.3 Å². The topological polar surface area (TPSA) is 132 Å². The van der Waals surface area contributed by atoms with Crippen molar-refractivity contribution in [1.82, 2.24) is 10.0 Å². The number of aromatic nitrogens is 1. The molecule has 1 aliphatic heterocycles. The van der Waals surface area contributed by atoms with Gasteiger partial charge in [-0.1, -0.05) is 0 Å². The number of sulfone groups is 1. The van der Waals surface area contributed by atoms with Crippen LogP contribution < -0.4 is 4.74 Å². The molecule has 1 aromatic carbocycles. The van der Waals surface area contributed by atoms with Gasteiger partial charge in [-0.2, -0.15) is 0 Å². The van der Waals surface area contributed by atoms with E-state index in [1.165, 1.54) is 36.5 Å². The standard InChI is InChI=1S/C19H16N2O8S/c22-18(12-8-16-17(9-12)29-19(23)28-16)21(24)11-30(25,26)15-5-3-13(4-6-15)27-14-2-1-7-20-10-14/h1-8,10,16-17,24H,9,11H2. The fraction of sp³-hybridized carbons (Fsp3) is 0.211. The molecule has 0 radical (unpaired) electrons. The monoisotopic (exact) mass is 432 g/mol. The Hall–Kier alpha value is -3.44. The van der Waals surface area contributed by atoms with Crippen LogP contribution in [0.15, 0.2) is 65.3 Å². The number of amides is 1. The highest BCUT2D eigenvalue weighted by Gasteiger charge is 2.42. The molecule has 1 N–H and O–H groups in total. The summed E-state index contributed by atoms with van der Waals surface area (Å²) < 4.78 is 40.4. The summed E-state index contributed by atoms with van der Waals surface area (Å²) in [6.07, 6.45) is 2.30. The molecule has 2 heterocycles. The van der Waals surface area contributed by atoms with Crippen LogP contribution in [0.4, 0.5) is 4.79 Å². The van der Waals surface area contributed by atoms with Gasteiger partial charge in [0.1, 0.15) is 11.5 Å². The van der Waals surface area contributed by atoms with Gasteiger partial charge in [-0.3, -0.25) is 15.0 Å². The summed E-state index contributed by atoms with van der Waals surface area (Å²) in [5, 5.41) is 10.1. The quantitative estimate of drug-likeness (QED) is 0.414. The predicted molar refractivity (Wildman–Crippen MR) is 99.3 cm³/mol. The smallest absolute Gasteiger partial charge is 0.456 e. The third-order valence-corrected chi connectivity index (χ3v) is 6.06.